The molecular weight excluding hydrogens is 208 g/mol. The van der Waals surface area contributed by atoms with Crippen molar-refractivity contribution in [2.75, 3.05) is 0 Å². The van der Waals surface area contributed by atoms with Crippen molar-refractivity contribution in [1.82, 2.24) is 9.78 Å². The molecule has 0 aliphatic rings. The number of fused-ring (bicyclic) bond motifs is 1. The highest BCUT2D eigenvalue weighted by atomic mass is 15.3. The molecule has 0 aliphatic carbocycles. The lowest BCUT2D eigenvalue weighted by molar-refractivity contribution is 0.696. The molecule has 0 amide bonds. The predicted octanol–water partition coefficient (Wildman–Crippen LogP) is 3.39. The molecule has 0 bridgehead atoms. The smallest absolute Gasteiger partial charge is 0.0926 e. The van der Waals surface area contributed by atoms with Crippen LogP contribution in [0.15, 0.2) is 54.7 Å². The van der Waals surface area contributed by atoms with Gasteiger partial charge in [0.25, 0.3) is 0 Å². The first kappa shape index (κ1) is 10.1. The van der Waals surface area contributed by atoms with Crippen LogP contribution in [0, 0.1) is 6.92 Å². The highest BCUT2D eigenvalue weighted by molar-refractivity contribution is 5.81. The summed E-state index contributed by atoms with van der Waals surface area (Å²) >= 11 is 0. The maximum absolute atomic E-state index is 4.59. The Hall–Kier alpha value is -2.09. The number of aromatic nitrogens is 2. The van der Waals surface area contributed by atoms with Crippen LogP contribution in [0.4, 0.5) is 0 Å². The summed E-state index contributed by atoms with van der Waals surface area (Å²) in [5.41, 5.74) is 3.63. The molecule has 1 heterocycles. The highest BCUT2D eigenvalue weighted by Gasteiger charge is 2.02. The van der Waals surface area contributed by atoms with Gasteiger partial charge in [-0.25, -0.2) is 0 Å². The van der Waals surface area contributed by atoms with E-state index in [0.29, 0.717) is 0 Å². The van der Waals surface area contributed by atoms with E-state index in [4.69, 9.17) is 0 Å². The largest absolute Gasteiger partial charge is 0.267 e. The first-order chi connectivity index (χ1) is 8.33. The van der Waals surface area contributed by atoms with Crippen LogP contribution < -0.4 is 0 Å². The van der Waals surface area contributed by atoms with Gasteiger partial charge in [-0.1, -0.05) is 42.5 Å². The molecule has 17 heavy (non-hydrogen) atoms. The minimum atomic E-state index is 0.828. The predicted molar refractivity (Wildman–Crippen MR) is 70.0 cm³/mol. The van der Waals surface area contributed by atoms with Gasteiger partial charge in [0.1, 0.15) is 0 Å². The minimum absolute atomic E-state index is 0.828. The van der Waals surface area contributed by atoms with Gasteiger partial charge in [-0.3, -0.25) is 4.68 Å². The monoisotopic (exact) mass is 222 g/mol. The molecule has 3 aromatic rings. The molecule has 0 spiro atoms. The summed E-state index contributed by atoms with van der Waals surface area (Å²) in [4.78, 5) is 0. The van der Waals surface area contributed by atoms with E-state index in [1.165, 1.54) is 16.5 Å². The minimum Gasteiger partial charge on any atom is -0.267 e. The van der Waals surface area contributed by atoms with E-state index in [1.54, 1.807) is 0 Å². The Morgan fingerprint density at radius 2 is 1.82 bits per heavy atom. The average Bonchev–Trinajstić information content (AvgIpc) is 2.74. The zero-order chi connectivity index (χ0) is 11.7. The Kier molecular flexibility index (Phi) is 2.41. The Morgan fingerprint density at radius 3 is 2.59 bits per heavy atom. The zero-order valence-corrected chi connectivity index (χ0v) is 9.80. The molecule has 0 radical (unpaired) electrons. The quantitative estimate of drug-likeness (QED) is 0.650. The molecule has 0 unspecified atom stereocenters. The van der Waals surface area contributed by atoms with Crippen LogP contribution in [0.2, 0.25) is 0 Å². The van der Waals surface area contributed by atoms with E-state index in [0.717, 1.165) is 12.1 Å². The second-order valence-corrected chi connectivity index (χ2v) is 4.32. The zero-order valence-electron chi connectivity index (χ0n) is 9.80. The molecule has 2 nitrogen and oxygen atoms in total. The standard InChI is InChI=1S/C15H14N2/c1-12-6-5-9-15-14(12)11-17(16-15)10-13-7-3-2-4-8-13/h2-9,11H,10H2,1H3. The van der Waals surface area contributed by atoms with Crippen molar-refractivity contribution >= 4 is 10.9 Å². The van der Waals surface area contributed by atoms with Gasteiger partial charge in [-0.2, -0.15) is 5.10 Å². The van der Waals surface area contributed by atoms with Gasteiger partial charge in [0.15, 0.2) is 0 Å². The Labute approximate surface area is 101 Å². The molecule has 0 saturated carbocycles. The Morgan fingerprint density at radius 1 is 1.00 bits per heavy atom. The maximum Gasteiger partial charge on any atom is 0.0926 e. The van der Waals surface area contributed by atoms with Crippen LogP contribution in [0.5, 0.6) is 0 Å². The molecule has 2 aromatic carbocycles. The van der Waals surface area contributed by atoms with E-state index in [1.807, 2.05) is 10.7 Å². The molecule has 3 rings (SSSR count). The first-order valence-corrected chi connectivity index (χ1v) is 5.79. The van der Waals surface area contributed by atoms with Crippen molar-refractivity contribution in [3.63, 3.8) is 0 Å². The fourth-order valence-corrected chi connectivity index (χ4v) is 2.09. The van der Waals surface area contributed by atoms with E-state index >= 15 is 0 Å². The molecule has 2 heteroatoms. The lowest BCUT2D eigenvalue weighted by Gasteiger charge is -2.00. The van der Waals surface area contributed by atoms with Crippen molar-refractivity contribution in [3.8, 4) is 0 Å². The molecule has 0 saturated heterocycles. The second-order valence-electron chi connectivity index (χ2n) is 4.32. The molecule has 0 aliphatic heterocycles. The summed E-state index contributed by atoms with van der Waals surface area (Å²) in [6.07, 6.45) is 2.12. The Bertz CT molecular complexity index is 638. The fourth-order valence-electron chi connectivity index (χ4n) is 2.09. The molecular formula is C15H14N2. The topological polar surface area (TPSA) is 17.8 Å². The summed E-state index contributed by atoms with van der Waals surface area (Å²) < 4.78 is 2.01. The highest BCUT2D eigenvalue weighted by Crippen LogP contribution is 2.17. The third-order valence-corrected chi connectivity index (χ3v) is 3.00. The van der Waals surface area contributed by atoms with Crippen molar-refractivity contribution in [2.45, 2.75) is 13.5 Å². The molecule has 0 atom stereocenters. The van der Waals surface area contributed by atoms with Gasteiger partial charge in [-0.15, -0.1) is 0 Å². The number of hydrogen-bond acceptors (Lipinski definition) is 1. The number of hydrogen-bond donors (Lipinski definition) is 0. The van der Waals surface area contributed by atoms with E-state index < -0.39 is 0 Å². The van der Waals surface area contributed by atoms with Crippen LogP contribution in [-0.2, 0) is 6.54 Å². The van der Waals surface area contributed by atoms with Crippen LogP contribution in [-0.4, -0.2) is 9.78 Å². The van der Waals surface area contributed by atoms with Gasteiger partial charge in [0.2, 0.25) is 0 Å². The van der Waals surface area contributed by atoms with Gasteiger partial charge in [0, 0.05) is 11.6 Å². The summed E-state index contributed by atoms with van der Waals surface area (Å²) in [7, 11) is 0. The summed E-state index contributed by atoms with van der Waals surface area (Å²) in [5.74, 6) is 0. The maximum atomic E-state index is 4.59. The van der Waals surface area contributed by atoms with Crippen molar-refractivity contribution in [3.05, 3.63) is 65.9 Å². The first-order valence-electron chi connectivity index (χ1n) is 5.79. The SMILES string of the molecule is Cc1cccc2nn(Cc3ccccc3)cc12. The van der Waals surface area contributed by atoms with Crippen LogP contribution in [0.1, 0.15) is 11.1 Å². The van der Waals surface area contributed by atoms with E-state index in [2.05, 4.69) is 60.7 Å². The number of rotatable bonds is 2. The summed E-state index contributed by atoms with van der Waals surface area (Å²) in [5, 5.41) is 5.82. The van der Waals surface area contributed by atoms with E-state index in [9.17, 15) is 0 Å². The second kappa shape index (κ2) is 4.06. The van der Waals surface area contributed by atoms with Gasteiger partial charge < -0.3 is 0 Å². The van der Waals surface area contributed by atoms with Crippen LogP contribution in [0.3, 0.4) is 0 Å². The van der Waals surface area contributed by atoms with Crippen molar-refractivity contribution in [2.24, 2.45) is 0 Å². The lowest BCUT2D eigenvalue weighted by atomic mass is 10.1. The number of nitrogens with zero attached hydrogens (tertiary/aromatic N) is 2. The van der Waals surface area contributed by atoms with E-state index in [-0.39, 0.29) is 0 Å². The molecule has 1 aromatic heterocycles. The molecule has 0 fully saturated rings. The normalized spacial score (nSPS) is 10.9. The lowest BCUT2D eigenvalue weighted by Crippen LogP contribution is -1.99. The van der Waals surface area contributed by atoms with Gasteiger partial charge in [0.05, 0.1) is 12.1 Å². The Balaban J connectivity index is 1.99. The van der Waals surface area contributed by atoms with Gasteiger partial charge >= 0.3 is 0 Å². The summed E-state index contributed by atoms with van der Waals surface area (Å²) in [6, 6.07) is 16.6. The van der Waals surface area contributed by atoms with Crippen molar-refractivity contribution < 1.29 is 0 Å². The van der Waals surface area contributed by atoms with Crippen LogP contribution in [0.25, 0.3) is 10.9 Å². The van der Waals surface area contributed by atoms with Gasteiger partial charge in [-0.05, 0) is 24.1 Å². The third kappa shape index (κ3) is 1.94. The number of benzene rings is 2. The third-order valence-electron chi connectivity index (χ3n) is 3.00. The average molecular weight is 222 g/mol. The van der Waals surface area contributed by atoms with Crippen molar-refractivity contribution in [1.29, 1.82) is 0 Å². The van der Waals surface area contributed by atoms with Crippen LogP contribution >= 0.6 is 0 Å². The molecule has 0 N–H and O–H groups in total. The summed E-state index contributed by atoms with van der Waals surface area (Å²) in [6.45, 7) is 2.95. The molecule has 84 valence electrons. The fraction of sp³-hybridized carbons (Fsp3) is 0.133. The number of aryl methyl sites for hydroxylation is 1.